The zero-order chi connectivity index (χ0) is 10.3. The van der Waals surface area contributed by atoms with E-state index in [0.717, 1.165) is 6.42 Å². The van der Waals surface area contributed by atoms with E-state index in [4.69, 9.17) is 11.6 Å². The number of aromatic nitrogens is 2. The molecule has 0 aromatic carbocycles. The fourth-order valence-corrected chi connectivity index (χ4v) is 3.39. The maximum atomic E-state index is 5.90. The van der Waals surface area contributed by atoms with Crippen LogP contribution in [0.15, 0.2) is 6.07 Å². The van der Waals surface area contributed by atoms with E-state index in [1.54, 1.807) is 0 Å². The second kappa shape index (κ2) is 3.44. The van der Waals surface area contributed by atoms with Crippen LogP contribution in [0.2, 0.25) is 5.15 Å². The molecule has 1 aromatic rings. The normalized spacial score (nSPS) is 23.0. The summed E-state index contributed by atoms with van der Waals surface area (Å²) in [6.45, 7) is 0. The number of hydrogen-bond acceptors (Lipinski definition) is 2. The van der Waals surface area contributed by atoms with Gasteiger partial charge in [0.1, 0.15) is 0 Å². The number of nitrogens with zero attached hydrogens (tertiary/aromatic N) is 2. The molecular formula is C12H15ClN2. The van der Waals surface area contributed by atoms with Crippen LogP contribution >= 0.6 is 11.6 Å². The molecule has 1 aromatic heterocycles. The van der Waals surface area contributed by atoms with Crippen LogP contribution in [0.4, 0.5) is 0 Å². The molecule has 15 heavy (non-hydrogen) atoms. The van der Waals surface area contributed by atoms with Gasteiger partial charge in [0.25, 0.3) is 0 Å². The van der Waals surface area contributed by atoms with Crippen molar-refractivity contribution in [1.29, 1.82) is 0 Å². The van der Waals surface area contributed by atoms with E-state index >= 15 is 0 Å². The summed E-state index contributed by atoms with van der Waals surface area (Å²) in [5.41, 5.74) is 3.11. The van der Waals surface area contributed by atoms with Gasteiger partial charge in [-0.15, -0.1) is 5.10 Å². The molecule has 2 aliphatic rings. The molecule has 80 valence electrons. The Morgan fingerprint density at radius 1 is 1.13 bits per heavy atom. The van der Waals surface area contributed by atoms with Crippen LogP contribution in [-0.4, -0.2) is 10.2 Å². The number of halogens is 1. The van der Waals surface area contributed by atoms with E-state index in [0.29, 0.717) is 10.6 Å². The topological polar surface area (TPSA) is 25.8 Å². The van der Waals surface area contributed by atoms with Gasteiger partial charge in [0.2, 0.25) is 0 Å². The Hall–Kier alpha value is -0.630. The third-order valence-electron chi connectivity index (χ3n) is 4.05. The Kier molecular flexibility index (Phi) is 2.20. The maximum absolute atomic E-state index is 5.90. The number of hydrogen-bond donors (Lipinski definition) is 0. The van der Waals surface area contributed by atoms with Crippen LogP contribution in [0.5, 0.6) is 0 Å². The Bertz CT molecular complexity index is 383. The fourth-order valence-electron chi connectivity index (χ4n) is 3.22. The molecule has 0 N–H and O–H groups in total. The predicted octanol–water partition coefficient (Wildman–Crippen LogP) is 3.18. The number of aryl methyl sites for hydroxylation is 1. The highest BCUT2D eigenvalue weighted by atomic mass is 35.5. The molecule has 0 amide bonds. The smallest absolute Gasteiger partial charge is 0.152 e. The van der Waals surface area contributed by atoms with Gasteiger partial charge in [-0.1, -0.05) is 24.4 Å². The highest BCUT2D eigenvalue weighted by Gasteiger charge is 2.37. The largest absolute Gasteiger partial charge is 0.154 e. The summed E-state index contributed by atoms with van der Waals surface area (Å²) in [6, 6.07) is 2.02. The lowest BCUT2D eigenvalue weighted by Crippen LogP contribution is -2.26. The molecule has 0 unspecified atom stereocenters. The molecule has 3 rings (SSSR count). The number of fused-ring (bicyclic) bond motifs is 1. The molecule has 0 radical (unpaired) electrons. The van der Waals surface area contributed by atoms with E-state index in [-0.39, 0.29) is 0 Å². The van der Waals surface area contributed by atoms with Crippen molar-refractivity contribution in [3.8, 4) is 0 Å². The molecule has 2 aliphatic carbocycles. The van der Waals surface area contributed by atoms with Gasteiger partial charge >= 0.3 is 0 Å². The first-order chi connectivity index (χ1) is 7.27. The van der Waals surface area contributed by atoms with Crippen molar-refractivity contribution in [3.63, 3.8) is 0 Å². The van der Waals surface area contributed by atoms with Crippen molar-refractivity contribution >= 4 is 11.6 Å². The molecule has 1 fully saturated rings. The minimum Gasteiger partial charge on any atom is -0.154 e. The average molecular weight is 223 g/mol. The minimum absolute atomic E-state index is 0.545. The lowest BCUT2D eigenvalue weighted by molar-refractivity contribution is 0.252. The van der Waals surface area contributed by atoms with Crippen LogP contribution in [-0.2, 0) is 12.8 Å². The van der Waals surface area contributed by atoms with Crippen LogP contribution < -0.4 is 0 Å². The van der Waals surface area contributed by atoms with Crippen LogP contribution in [0.1, 0.15) is 43.4 Å². The summed E-state index contributed by atoms with van der Waals surface area (Å²) in [5, 5.41) is 8.66. The van der Waals surface area contributed by atoms with Gasteiger partial charge in [-0.05, 0) is 49.1 Å². The maximum Gasteiger partial charge on any atom is 0.152 e. The lowest BCUT2D eigenvalue weighted by atomic mass is 9.72. The standard InChI is InChI=1S/C12H15ClN2/c13-11-7-9-8-12(4-1-2-5-12)6-3-10(9)14-15-11/h7H,1-6,8H2. The molecule has 1 saturated carbocycles. The fraction of sp³-hybridized carbons (Fsp3) is 0.667. The molecular weight excluding hydrogens is 208 g/mol. The third kappa shape index (κ3) is 1.65. The van der Waals surface area contributed by atoms with Crippen molar-refractivity contribution in [1.82, 2.24) is 10.2 Å². The third-order valence-corrected chi connectivity index (χ3v) is 4.24. The average Bonchev–Trinajstić information content (AvgIpc) is 2.66. The Balaban J connectivity index is 1.94. The summed E-state index contributed by atoms with van der Waals surface area (Å²) in [5.74, 6) is 0. The van der Waals surface area contributed by atoms with Crippen LogP contribution in [0.25, 0.3) is 0 Å². The Morgan fingerprint density at radius 2 is 1.93 bits per heavy atom. The summed E-state index contributed by atoms with van der Waals surface area (Å²) >= 11 is 5.90. The van der Waals surface area contributed by atoms with Crippen molar-refractivity contribution in [2.45, 2.75) is 44.9 Å². The molecule has 2 nitrogen and oxygen atoms in total. The predicted molar refractivity (Wildman–Crippen MR) is 60.0 cm³/mol. The molecule has 1 spiro atoms. The summed E-state index contributed by atoms with van der Waals surface area (Å²) < 4.78 is 0. The summed E-state index contributed by atoms with van der Waals surface area (Å²) in [7, 11) is 0. The molecule has 1 heterocycles. The van der Waals surface area contributed by atoms with Gasteiger partial charge in [-0.3, -0.25) is 0 Å². The van der Waals surface area contributed by atoms with E-state index in [1.807, 2.05) is 6.07 Å². The SMILES string of the molecule is Clc1cc2c(nn1)CCC1(CCCC1)C2. The van der Waals surface area contributed by atoms with E-state index in [9.17, 15) is 0 Å². The molecule has 0 bridgehead atoms. The first-order valence-electron chi connectivity index (χ1n) is 5.78. The van der Waals surface area contributed by atoms with Gasteiger partial charge in [-0.2, -0.15) is 5.10 Å². The van der Waals surface area contributed by atoms with Gasteiger partial charge in [0, 0.05) is 0 Å². The quantitative estimate of drug-likeness (QED) is 0.674. The zero-order valence-corrected chi connectivity index (χ0v) is 9.56. The first kappa shape index (κ1) is 9.59. The first-order valence-corrected chi connectivity index (χ1v) is 6.16. The highest BCUT2D eigenvalue weighted by Crippen LogP contribution is 2.47. The summed E-state index contributed by atoms with van der Waals surface area (Å²) in [4.78, 5) is 0. The highest BCUT2D eigenvalue weighted by molar-refractivity contribution is 6.29. The van der Waals surface area contributed by atoms with Crippen LogP contribution in [0, 0.1) is 5.41 Å². The van der Waals surface area contributed by atoms with Crippen molar-refractivity contribution < 1.29 is 0 Å². The van der Waals surface area contributed by atoms with Gasteiger partial charge in [0.15, 0.2) is 5.15 Å². The zero-order valence-electron chi connectivity index (χ0n) is 8.80. The molecule has 0 aliphatic heterocycles. The molecule has 0 saturated heterocycles. The lowest BCUT2D eigenvalue weighted by Gasteiger charge is -2.33. The van der Waals surface area contributed by atoms with Crippen molar-refractivity contribution in [2.75, 3.05) is 0 Å². The van der Waals surface area contributed by atoms with E-state index < -0.39 is 0 Å². The number of rotatable bonds is 0. The summed E-state index contributed by atoms with van der Waals surface area (Å²) in [6.07, 6.45) is 9.18. The molecule has 0 atom stereocenters. The van der Waals surface area contributed by atoms with E-state index in [1.165, 1.54) is 49.8 Å². The van der Waals surface area contributed by atoms with E-state index in [2.05, 4.69) is 10.2 Å². The Morgan fingerprint density at radius 3 is 2.73 bits per heavy atom. The monoisotopic (exact) mass is 222 g/mol. The van der Waals surface area contributed by atoms with Crippen molar-refractivity contribution in [3.05, 3.63) is 22.5 Å². The second-order valence-corrected chi connectivity index (χ2v) is 5.41. The van der Waals surface area contributed by atoms with Gasteiger partial charge in [-0.25, -0.2) is 0 Å². The van der Waals surface area contributed by atoms with Crippen LogP contribution in [0.3, 0.4) is 0 Å². The van der Waals surface area contributed by atoms with Crippen molar-refractivity contribution in [2.24, 2.45) is 5.41 Å². The van der Waals surface area contributed by atoms with Gasteiger partial charge in [0.05, 0.1) is 5.69 Å². The molecule has 3 heteroatoms. The second-order valence-electron chi connectivity index (χ2n) is 5.02. The minimum atomic E-state index is 0.545. The van der Waals surface area contributed by atoms with Gasteiger partial charge < -0.3 is 0 Å². The Labute approximate surface area is 95.1 Å².